The lowest BCUT2D eigenvalue weighted by Crippen LogP contribution is -2.47. The van der Waals surface area contributed by atoms with Gasteiger partial charge in [-0.3, -0.25) is 9.69 Å². The van der Waals surface area contributed by atoms with E-state index in [4.69, 9.17) is 10.5 Å². The van der Waals surface area contributed by atoms with Crippen molar-refractivity contribution < 1.29 is 9.53 Å². The van der Waals surface area contributed by atoms with Gasteiger partial charge in [0.05, 0.1) is 13.2 Å². The van der Waals surface area contributed by atoms with E-state index in [-0.39, 0.29) is 36.8 Å². The summed E-state index contributed by atoms with van der Waals surface area (Å²) in [5.41, 5.74) is 5.99. The minimum atomic E-state index is 0. The number of carbonyl (C=O) groups is 1. The highest BCUT2D eigenvalue weighted by Crippen LogP contribution is 2.26. The second-order valence-electron chi connectivity index (χ2n) is 5.87. The fraction of sp³-hybridized carbons (Fsp3) is 0.929. The fourth-order valence-corrected chi connectivity index (χ4v) is 3.06. The molecule has 0 radical (unpaired) electrons. The summed E-state index contributed by atoms with van der Waals surface area (Å²) in [4.78, 5) is 14.2. The summed E-state index contributed by atoms with van der Waals surface area (Å²) in [5.74, 6) is 0.547. The average Bonchev–Trinajstić information content (AvgIpc) is 2.77. The first-order valence-corrected chi connectivity index (χ1v) is 7.51. The van der Waals surface area contributed by atoms with Gasteiger partial charge >= 0.3 is 0 Å². The van der Waals surface area contributed by atoms with Gasteiger partial charge in [-0.25, -0.2) is 0 Å². The van der Waals surface area contributed by atoms with Crippen molar-refractivity contribution in [3.05, 3.63) is 0 Å². The van der Waals surface area contributed by atoms with Crippen molar-refractivity contribution in [3.8, 4) is 0 Å². The Balaban J connectivity index is 0.00000200. The summed E-state index contributed by atoms with van der Waals surface area (Å²) < 4.78 is 5.40. The summed E-state index contributed by atoms with van der Waals surface area (Å²) in [6.07, 6.45) is 3.95. The van der Waals surface area contributed by atoms with Gasteiger partial charge < -0.3 is 15.8 Å². The van der Waals surface area contributed by atoms with Crippen LogP contribution in [-0.4, -0.2) is 55.7 Å². The van der Waals surface area contributed by atoms with Crippen molar-refractivity contribution in [1.29, 1.82) is 0 Å². The van der Waals surface area contributed by atoms with Crippen LogP contribution in [0.4, 0.5) is 0 Å². The van der Waals surface area contributed by atoms with Gasteiger partial charge in [0.25, 0.3) is 0 Å². The number of nitrogens with two attached hydrogens (primary N) is 1. The van der Waals surface area contributed by atoms with Crippen LogP contribution in [0.1, 0.15) is 32.6 Å². The van der Waals surface area contributed by atoms with Gasteiger partial charge in [0.1, 0.15) is 0 Å². The van der Waals surface area contributed by atoms with E-state index in [9.17, 15) is 4.79 Å². The molecule has 126 valence electrons. The van der Waals surface area contributed by atoms with Gasteiger partial charge in [-0.2, -0.15) is 0 Å². The second kappa shape index (κ2) is 10.6. The number of hydrogen-bond donors (Lipinski definition) is 2. The fourth-order valence-electron chi connectivity index (χ4n) is 3.06. The maximum atomic E-state index is 11.9. The van der Waals surface area contributed by atoms with E-state index in [1.54, 1.807) is 0 Å². The molecule has 1 heterocycles. The molecule has 1 unspecified atom stereocenters. The Labute approximate surface area is 140 Å². The molecule has 21 heavy (non-hydrogen) atoms. The Kier molecular flexibility index (Phi) is 10.6. The Morgan fingerprint density at radius 2 is 2.14 bits per heavy atom. The zero-order valence-corrected chi connectivity index (χ0v) is 14.4. The molecular weight excluding hydrogens is 313 g/mol. The van der Waals surface area contributed by atoms with E-state index in [0.717, 1.165) is 45.7 Å². The second-order valence-corrected chi connectivity index (χ2v) is 5.87. The van der Waals surface area contributed by atoms with Gasteiger partial charge in [0, 0.05) is 38.1 Å². The first kappa shape index (κ1) is 20.9. The summed E-state index contributed by atoms with van der Waals surface area (Å²) in [6.45, 7) is 6.36. The Morgan fingerprint density at radius 3 is 2.76 bits per heavy atom. The van der Waals surface area contributed by atoms with Crippen LogP contribution in [-0.2, 0) is 9.53 Å². The van der Waals surface area contributed by atoms with Crippen LogP contribution in [0.3, 0.4) is 0 Å². The molecule has 0 spiro atoms. The lowest BCUT2D eigenvalue weighted by Gasteiger charge is -2.33. The van der Waals surface area contributed by atoms with Crippen LogP contribution >= 0.6 is 24.8 Å². The molecule has 1 amide bonds. The summed E-state index contributed by atoms with van der Waals surface area (Å²) >= 11 is 0. The van der Waals surface area contributed by atoms with Crippen molar-refractivity contribution in [2.24, 2.45) is 11.7 Å². The van der Waals surface area contributed by atoms with Crippen LogP contribution in [0, 0.1) is 5.92 Å². The predicted molar refractivity (Wildman–Crippen MR) is 89.3 cm³/mol. The number of ether oxygens (including phenoxy) is 1. The number of rotatable bonds is 5. The number of amides is 1. The third-order valence-corrected chi connectivity index (χ3v) is 4.39. The first-order valence-electron chi connectivity index (χ1n) is 7.51. The van der Waals surface area contributed by atoms with Gasteiger partial charge in [0.15, 0.2) is 0 Å². The van der Waals surface area contributed by atoms with Gasteiger partial charge in [-0.15, -0.1) is 24.8 Å². The van der Waals surface area contributed by atoms with Crippen molar-refractivity contribution in [3.63, 3.8) is 0 Å². The zero-order chi connectivity index (χ0) is 13.7. The molecule has 2 fully saturated rings. The van der Waals surface area contributed by atoms with Gasteiger partial charge in [-0.05, 0) is 25.7 Å². The van der Waals surface area contributed by atoms with E-state index in [1.165, 1.54) is 6.42 Å². The molecule has 1 saturated carbocycles. The van der Waals surface area contributed by atoms with Crippen LogP contribution in [0.5, 0.6) is 0 Å². The quantitative estimate of drug-likeness (QED) is 0.788. The van der Waals surface area contributed by atoms with Crippen molar-refractivity contribution in [1.82, 2.24) is 10.2 Å². The molecule has 2 aliphatic rings. The smallest absolute Gasteiger partial charge is 0.220 e. The third kappa shape index (κ3) is 6.70. The molecule has 0 aromatic heterocycles. The highest BCUT2D eigenvalue weighted by molar-refractivity contribution is 5.85. The largest absolute Gasteiger partial charge is 0.379 e. The van der Waals surface area contributed by atoms with Gasteiger partial charge in [0.2, 0.25) is 5.91 Å². The van der Waals surface area contributed by atoms with Crippen LogP contribution < -0.4 is 11.1 Å². The number of hydrogen-bond acceptors (Lipinski definition) is 4. The van der Waals surface area contributed by atoms with E-state index in [0.29, 0.717) is 18.4 Å². The third-order valence-electron chi connectivity index (χ3n) is 4.39. The Hall–Kier alpha value is -0.0700. The normalized spacial score (nSPS) is 29.3. The van der Waals surface area contributed by atoms with Crippen molar-refractivity contribution >= 4 is 30.7 Å². The first-order chi connectivity index (χ1) is 9.16. The van der Waals surface area contributed by atoms with E-state index >= 15 is 0 Å². The molecule has 1 saturated heterocycles. The molecule has 2 rings (SSSR count). The van der Waals surface area contributed by atoms with Crippen LogP contribution in [0.15, 0.2) is 0 Å². The predicted octanol–water partition coefficient (Wildman–Crippen LogP) is 1.18. The number of carbonyl (C=O) groups excluding carboxylic acids is 1. The lowest BCUT2D eigenvalue weighted by molar-refractivity contribution is -0.122. The Bertz CT molecular complexity index is 308. The highest BCUT2D eigenvalue weighted by atomic mass is 35.5. The number of halogens is 2. The van der Waals surface area contributed by atoms with E-state index in [1.807, 2.05) is 0 Å². The standard InChI is InChI=1S/C14H27N3O2.2ClH/c1-11-10-19-8-7-17(11)6-5-16-14(18)9-12-3-2-4-13(12)15;;/h11-13H,2-10,15H2,1H3,(H,16,18);2*1H/t11?,12-,13+;;/m0../s1. The molecule has 5 nitrogen and oxygen atoms in total. The Morgan fingerprint density at radius 1 is 1.38 bits per heavy atom. The monoisotopic (exact) mass is 341 g/mol. The van der Waals surface area contributed by atoms with E-state index < -0.39 is 0 Å². The van der Waals surface area contributed by atoms with Crippen molar-refractivity contribution in [2.45, 2.75) is 44.7 Å². The topological polar surface area (TPSA) is 67.6 Å². The minimum Gasteiger partial charge on any atom is -0.379 e. The summed E-state index contributed by atoms with van der Waals surface area (Å²) in [6, 6.07) is 0.680. The molecular formula is C14H29Cl2N3O2. The van der Waals surface area contributed by atoms with Crippen LogP contribution in [0.2, 0.25) is 0 Å². The molecule has 0 aromatic carbocycles. The summed E-state index contributed by atoms with van der Waals surface area (Å²) in [7, 11) is 0. The van der Waals surface area contributed by atoms with Crippen molar-refractivity contribution in [2.75, 3.05) is 32.8 Å². The molecule has 7 heteroatoms. The zero-order valence-electron chi connectivity index (χ0n) is 12.8. The maximum Gasteiger partial charge on any atom is 0.220 e. The SMILES string of the molecule is CC1COCCN1CCNC(=O)C[C@@H]1CCC[C@H]1N.Cl.Cl. The molecule has 1 aliphatic heterocycles. The molecule has 3 N–H and O–H groups in total. The molecule has 1 aliphatic carbocycles. The average molecular weight is 342 g/mol. The van der Waals surface area contributed by atoms with Gasteiger partial charge in [-0.1, -0.05) is 6.42 Å². The lowest BCUT2D eigenvalue weighted by atomic mass is 10.00. The highest BCUT2D eigenvalue weighted by Gasteiger charge is 2.26. The van der Waals surface area contributed by atoms with E-state index in [2.05, 4.69) is 17.1 Å². The molecule has 0 aromatic rings. The summed E-state index contributed by atoms with van der Waals surface area (Å²) in [5, 5.41) is 3.02. The minimum absolute atomic E-state index is 0. The number of nitrogens with zero attached hydrogens (tertiary/aromatic N) is 1. The molecule has 0 bridgehead atoms. The molecule has 3 atom stereocenters. The van der Waals surface area contributed by atoms with Crippen LogP contribution in [0.25, 0.3) is 0 Å². The maximum absolute atomic E-state index is 11.9. The number of morpholine rings is 1. The number of nitrogens with one attached hydrogen (secondary N) is 1.